The number of aliphatic carboxylic acids is 1. The summed E-state index contributed by atoms with van der Waals surface area (Å²) in [4.78, 5) is 29.3. The molecule has 1 N–H and O–H groups in total. The summed E-state index contributed by atoms with van der Waals surface area (Å²) < 4.78 is 12.3. The molecule has 224 valence electrons. The Labute approximate surface area is 256 Å². The molecule has 44 heavy (non-hydrogen) atoms. The van der Waals surface area contributed by atoms with Crippen LogP contribution in [0, 0.1) is 6.92 Å². The maximum absolute atomic E-state index is 12.9. The van der Waals surface area contributed by atoms with Crippen molar-refractivity contribution in [3.63, 3.8) is 0 Å². The molecule has 2 aliphatic heterocycles. The number of rotatable bonds is 6. The summed E-state index contributed by atoms with van der Waals surface area (Å²) >= 11 is 0. The predicted molar refractivity (Wildman–Crippen MR) is 172 cm³/mol. The Morgan fingerprint density at radius 3 is 2.50 bits per heavy atom. The first-order chi connectivity index (χ1) is 21.2. The Kier molecular flexibility index (Phi) is 6.97. The number of hydrogen-bond acceptors (Lipinski definition) is 7. The van der Waals surface area contributed by atoms with E-state index in [1.807, 2.05) is 64.5 Å². The van der Waals surface area contributed by atoms with Crippen molar-refractivity contribution in [2.45, 2.75) is 58.7 Å². The van der Waals surface area contributed by atoms with Gasteiger partial charge >= 0.3 is 5.97 Å². The maximum Gasteiger partial charge on any atom is 0.337 e. The number of carbonyl (C=O) groups is 1. The maximum atomic E-state index is 12.9. The number of carboxylic acids is 1. The van der Waals surface area contributed by atoms with Gasteiger partial charge in [0, 0.05) is 60.2 Å². The molecule has 2 aliphatic rings. The molecule has 3 aromatic carbocycles. The van der Waals surface area contributed by atoms with Gasteiger partial charge in [-0.25, -0.2) is 14.8 Å². The lowest BCUT2D eigenvalue weighted by Gasteiger charge is -2.29. The molecular formula is C36H36N4O4. The highest BCUT2D eigenvalue weighted by Crippen LogP contribution is 2.45. The van der Waals surface area contributed by atoms with Crippen LogP contribution in [0.3, 0.4) is 0 Å². The van der Waals surface area contributed by atoms with Crippen LogP contribution in [-0.4, -0.2) is 51.3 Å². The average molecular weight is 589 g/mol. The van der Waals surface area contributed by atoms with Gasteiger partial charge in [-0.15, -0.1) is 0 Å². The van der Waals surface area contributed by atoms with Gasteiger partial charge in [0.1, 0.15) is 5.75 Å². The van der Waals surface area contributed by atoms with Crippen molar-refractivity contribution in [2.24, 2.45) is 0 Å². The number of carboxylic acid groups (broad SMARTS) is 1. The van der Waals surface area contributed by atoms with E-state index < -0.39 is 17.7 Å². The number of anilines is 1. The topological polar surface area (TPSA) is 97.7 Å². The van der Waals surface area contributed by atoms with Crippen LogP contribution >= 0.6 is 0 Å². The average Bonchev–Trinajstić information content (AvgIpc) is 3.55. The van der Waals surface area contributed by atoms with Gasteiger partial charge in [0.25, 0.3) is 0 Å². The molecule has 0 bridgehead atoms. The number of fused-ring (bicyclic) bond motifs is 1. The molecule has 8 nitrogen and oxygen atoms in total. The van der Waals surface area contributed by atoms with Crippen molar-refractivity contribution in [1.29, 1.82) is 0 Å². The molecule has 0 saturated carbocycles. The zero-order valence-corrected chi connectivity index (χ0v) is 25.6. The lowest BCUT2D eigenvalue weighted by Crippen LogP contribution is -2.28. The summed E-state index contributed by atoms with van der Waals surface area (Å²) in [6.07, 6.45) is 7.57. The molecule has 5 aromatic rings. The van der Waals surface area contributed by atoms with Crippen molar-refractivity contribution in [2.75, 3.05) is 24.6 Å². The Bertz CT molecular complexity index is 1900. The van der Waals surface area contributed by atoms with Crippen molar-refractivity contribution in [3.8, 4) is 28.0 Å². The van der Waals surface area contributed by atoms with Gasteiger partial charge in [-0.1, -0.05) is 18.2 Å². The normalized spacial score (nSPS) is 15.5. The molecule has 0 spiro atoms. The number of pyridine rings is 1. The van der Waals surface area contributed by atoms with Gasteiger partial charge in [-0.05, 0) is 97.8 Å². The van der Waals surface area contributed by atoms with E-state index in [9.17, 15) is 9.90 Å². The van der Waals surface area contributed by atoms with E-state index in [0.29, 0.717) is 12.2 Å². The largest absolute Gasteiger partial charge is 0.493 e. The smallest absolute Gasteiger partial charge is 0.337 e. The predicted octanol–water partition coefficient (Wildman–Crippen LogP) is 7.30. The summed E-state index contributed by atoms with van der Waals surface area (Å²) in [5.74, 6) is 0.541. The number of ether oxygens (including phenoxy) is 2. The first kappa shape index (κ1) is 28.2. The number of aromatic nitrogens is 3. The van der Waals surface area contributed by atoms with Crippen molar-refractivity contribution in [1.82, 2.24) is 15.0 Å². The van der Waals surface area contributed by atoms with Gasteiger partial charge in [-0.3, -0.25) is 4.98 Å². The molecule has 0 aliphatic carbocycles. The number of benzene rings is 3. The number of hydrogen-bond donors (Lipinski definition) is 1. The third-order valence-electron chi connectivity index (χ3n) is 8.54. The molecule has 1 saturated heterocycles. The second-order valence-electron chi connectivity index (χ2n) is 12.7. The first-order valence-corrected chi connectivity index (χ1v) is 15.3. The van der Waals surface area contributed by atoms with E-state index in [1.54, 1.807) is 0 Å². The fraction of sp³-hybridized carbons (Fsp3) is 0.333. The highest BCUT2D eigenvalue weighted by atomic mass is 16.5. The second kappa shape index (κ2) is 10.9. The van der Waals surface area contributed by atoms with E-state index in [2.05, 4.69) is 39.1 Å². The summed E-state index contributed by atoms with van der Waals surface area (Å²) in [7, 11) is 0. The minimum absolute atomic E-state index is 0.621. The highest BCUT2D eigenvalue weighted by Gasteiger charge is 2.32. The first-order valence-electron chi connectivity index (χ1n) is 15.3. The second-order valence-corrected chi connectivity index (χ2v) is 12.7. The minimum atomic E-state index is -1.18. The molecule has 1 fully saturated rings. The van der Waals surface area contributed by atoms with Crippen LogP contribution in [0.5, 0.6) is 5.75 Å². The molecule has 1 unspecified atom stereocenters. The summed E-state index contributed by atoms with van der Waals surface area (Å²) in [5.41, 5.74) is 6.34. The van der Waals surface area contributed by atoms with Crippen LogP contribution in [-0.2, 0) is 16.0 Å². The van der Waals surface area contributed by atoms with Crippen LogP contribution < -0.4 is 9.64 Å². The molecule has 0 amide bonds. The van der Waals surface area contributed by atoms with E-state index >= 15 is 0 Å². The van der Waals surface area contributed by atoms with Crippen LogP contribution in [0.25, 0.3) is 43.9 Å². The van der Waals surface area contributed by atoms with Gasteiger partial charge in [0.15, 0.2) is 6.10 Å². The third-order valence-corrected chi connectivity index (χ3v) is 8.54. The fourth-order valence-corrected chi connectivity index (χ4v) is 6.61. The SMILES string of the molecule is Cc1cc2cc(-c3cnc(N4CCCC4)nc3)ccc2c(-c2ccc3c4c(ccnc24)CCO3)c1C(OC(C)(C)C)C(=O)O. The van der Waals surface area contributed by atoms with E-state index in [-0.39, 0.29) is 0 Å². The van der Waals surface area contributed by atoms with Crippen molar-refractivity contribution < 1.29 is 19.4 Å². The van der Waals surface area contributed by atoms with E-state index in [0.717, 1.165) is 80.7 Å². The number of nitrogens with zero attached hydrogens (tertiary/aromatic N) is 4. The quantitative estimate of drug-likeness (QED) is 0.221. The molecule has 0 radical (unpaired) electrons. The lowest BCUT2D eigenvalue weighted by molar-refractivity contribution is -0.160. The molecular weight excluding hydrogens is 552 g/mol. The van der Waals surface area contributed by atoms with Crippen LogP contribution in [0.1, 0.15) is 56.4 Å². The van der Waals surface area contributed by atoms with Gasteiger partial charge < -0.3 is 19.5 Å². The summed E-state index contributed by atoms with van der Waals surface area (Å²) in [5, 5.41) is 13.4. The Morgan fingerprint density at radius 1 is 1.00 bits per heavy atom. The highest BCUT2D eigenvalue weighted by molar-refractivity contribution is 6.09. The molecule has 1 atom stereocenters. The van der Waals surface area contributed by atoms with Crippen LogP contribution in [0.4, 0.5) is 5.95 Å². The minimum Gasteiger partial charge on any atom is -0.493 e. The monoisotopic (exact) mass is 588 g/mol. The van der Waals surface area contributed by atoms with Crippen LogP contribution in [0.15, 0.2) is 61.1 Å². The molecule has 2 aromatic heterocycles. The zero-order valence-electron chi connectivity index (χ0n) is 25.6. The fourth-order valence-electron chi connectivity index (χ4n) is 6.61. The van der Waals surface area contributed by atoms with Crippen LogP contribution in [0.2, 0.25) is 0 Å². The third kappa shape index (κ3) is 5.03. The van der Waals surface area contributed by atoms with E-state index in [1.165, 1.54) is 18.4 Å². The number of aryl methyl sites for hydroxylation is 1. The van der Waals surface area contributed by atoms with Gasteiger partial charge in [-0.2, -0.15) is 0 Å². The Morgan fingerprint density at radius 2 is 1.77 bits per heavy atom. The van der Waals surface area contributed by atoms with Gasteiger partial charge in [0.05, 0.1) is 17.7 Å². The van der Waals surface area contributed by atoms with Crippen molar-refractivity contribution >= 4 is 33.6 Å². The summed E-state index contributed by atoms with van der Waals surface area (Å²) in [6, 6.07) is 14.3. The van der Waals surface area contributed by atoms with Gasteiger partial charge in [0.2, 0.25) is 5.95 Å². The zero-order chi connectivity index (χ0) is 30.6. The molecule has 7 rings (SSSR count). The molecule has 8 heteroatoms. The Balaban J connectivity index is 1.45. The summed E-state index contributed by atoms with van der Waals surface area (Å²) in [6.45, 7) is 10.2. The Hall–Kier alpha value is -4.56. The van der Waals surface area contributed by atoms with E-state index in [4.69, 9.17) is 14.5 Å². The lowest BCUT2D eigenvalue weighted by atomic mass is 9.85. The standard InChI is InChI=1S/C36H36N4O4/c1-21-17-24-18-23(25-19-38-35(39-20-25)40-14-5-6-15-40)7-8-26(24)31(29(21)33(34(41)42)44-36(2,3)4)27-9-10-28-30-22(12-16-43-28)11-13-37-32(27)30/h7-11,13,17-20,33H,5-6,12,14-16H2,1-4H3,(H,41,42). The van der Waals surface area contributed by atoms with Crippen molar-refractivity contribution in [3.05, 3.63) is 77.7 Å². The molecule has 4 heterocycles.